The molecule has 1 aromatic carbocycles. The number of rotatable bonds is 7. The lowest BCUT2D eigenvalue weighted by Crippen LogP contribution is -2.34. The molecule has 0 aliphatic heterocycles. The number of hydrogen-bond acceptors (Lipinski definition) is 3. The van der Waals surface area contributed by atoms with Gasteiger partial charge in [-0.15, -0.1) is 0 Å². The second kappa shape index (κ2) is 6.88. The minimum absolute atomic E-state index is 0.416. The summed E-state index contributed by atoms with van der Waals surface area (Å²) in [5, 5.41) is 0. The van der Waals surface area contributed by atoms with Crippen LogP contribution < -0.4 is 10.5 Å². The molecule has 0 bridgehead atoms. The van der Waals surface area contributed by atoms with Crippen LogP contribution in [0.15, 0.2) is 18.2 Å². The Morgan fingerprint density at radius 1 is 1.37 bits per heavy atom. The topological polar surface area (TPSA) is 75.4 Å². The van der Waals surface area contributed by atoms with Crippen molar-refractivity contribution in [3.05, 3.63) is 29.3 Å². The summed E-state index contributed by atoms with van der Waals surface area (Å²) < 4.78 is 28.4. The molecular weight excluding hydrogens is 262 g/mol. The standard InChI is InChI=1S/C13H23N3O2S/c1-4-12-8-5-7-11(2)13(12)15-19(17,18)16(3)10-6-9-14/h5,7-8,15H,4,6,9-10,14H2,1-3H3. The summed E-state index contributed by atoms with van der Waals surface area (Å²) in [6.45, 7) is 4.80. The Labute approximate surface area is 116 Å². The van der Waals surface area contributed by atoms with Crippen LogP contribution in [0.3, 0.4) is 0 Å². The van der Waals surface area contributed by atoms with Gasteiger partial charge in [0.25, 0.3) is 0 Å². The molecule has 108 valence electrons. The second-order valence-electron chi connectivity index (χ2n) is 4.53. The van der Waals surface area contributed by atoms with E-state index in [1.807, 2.05) is 32.0 Å². The van der Waals surface area contributed by atoms with E-state index in [1.54, 1.807) is 7.05 Å². The van der Waals surface area contributed by atoms with Crippen molar-refractivity contribution in [3.8, 4) is 0 Å². The maximum absolute atomic E-state index is 12.2. The third kappa shape index (κ3) is 4.19. The molecular formula is C13H23N3O2S. The van der Waals surface area contributed by atoms with Gasteiger partial charge in [0.05, 0.1) is 5.69 Å². The Kier molecular flexibility index (Phi) is 5.78. The number of benzene rings is 1. The molecule has 0 aliphatic rings. The van der Waals surface area contributed by atoms with Crippen LogP contribution in [0.25, 0.3) is 0 Å². The molecule has 0 aliphatic carbocycles. The van der Waals surface area contributed by atoms with Crippen molar-refractivity contribution >= 4 is 15.9 Å². The number of nitrogens with one attached hydrogen (secondary N) is 1. The number of para-hydroxylation sites is 1. The molecule has 0 atom stereocenters. The van der Waals surface area contributed by atoms with E-state index in [9.17, 15) is 8.42 Å². The molecule has 1 rings (SSSR count). The van der Waals surface area contributed by atoms with Crippen molar-refractivity contribution in [1.29, 1.82) is 0 Å². The molecule has 0 spiro atoms. The van der Waals surface area contributed by atoms with Gasteiger partial charge in [-0.3, -0.25) is 4.72 Å². The number of hydrogen-bond donors (Lipinski definition) is 2. The molecule has 0 amide bonds. The Morgan fingerprint density at radius 2 is 2.05 bits per heavy atom. The first-order valence-corrected chi connectivity index (χ1v) is 7.89. The highest BCUT2D eigenvalue weighted by Crippen LogP contribution is 2.22. The number of nitrogens with two attached hydrogens (primary N) is 1. The van der Waals surface area contributed by atoms with Crippen LogP contribution in [0.4, 0.5) is 5.69 Å². The van der Waals surface area contributed by atoms with Crippen molar-refractivity contribution in [2.75, 3.05) is 24.9 Å². The Morgan fingerprint density at radius 3 is 2.63 bits per heavy atom. The monoisotopic (exact) mass is 285 g/mol. The van der Waals surface area contributed by atoms with Gasteiger partial charge in [-0.2, -0.15) is 12.7 Å². The SMILES string of the molecule is CCc1cccc(C)c1NS(=O)(=O)N(C)CCCN. The van der Waals surface area contributed by atoms with Gasteiger partial charge < -0.3 is 5.73 Å². The molecule has 6 heteroatoms. The van der Waals surface area contributed by atoms with Crippen LogP contribution in [-0.2, 0) is 16.6 Å². The molecule has 0 unspecified atom stereocenters. The summed E-state index contributed by atoms with van der Waals surface area (Å²) in [7, 11) is -1.96. The fourth-order valence-corrected chi connectivity index (χ4v) is 2.89. The van der Waals surface area contributed by atoms with E-state index >= 15 is 0 Å². The lowest BCUT2D eigenvalue weighted by Gasteiger charge is -2.20. The number of aryl methyl sites for hydroxylation is 2. The molecule has 0 heterocycles. The van der Waals surface area contributed by atoms with Crippen LogP contribution in [-0.4, -0.2) is 32.9 Å². The first-order valence-electron chi connectivity index (χ1n) is 6.45. The van der Waals surface area contributed by atoms with Gasteiger partial charge in [-0.25, -0.2) is 0 Å². The van der Waals surface area contributed by atoms with Crippen LogP contribution in [0.5, 0.6) is 0 Å². The lowest BCUT2D eigenvalue weighted by molar-refractivity contribution is 0.468. The quantitative estimate of drug-likeness (QED) is 0.797. The first kappa shape index (κ1) is 15.9. The fourth-order valence-electron chi connectivity index (χ4n) is 1.81. The maximum atomic E-state index is 12.2. The van der Waals surface area contributed by atoms with E-state index in [-0.39, 0.29) is 0 Å². The van der Waals surface area contributed by atoms with Gasteiger partial charge in [0.15, 0.2) is 0 Å². The van der Waals surface area contributed by atoms with E-state index in [0.717, 1.165) is 17.5 Å². The van der Waals surface area contributed by atoms with Crippen molar-refractivity contribution < 1.29 is 8.42 Å². The molecule has 1 aromatic rings. The van der Waals surface area contributed by atoms with Gasteiger partial charge in [0, 0.05) is 13.6 Å². The van der Waals surface area contributed by atoms with E-state index in [0.29, 0.717) is 25.2 Å². The Hall–Kier alpha value is -1.11. The average molecular weight is 285 g/mol. The smallest absolute Gasteiger partial charge is 0.301 e. The number of anilines is 1. The molecule has 0 saturated carbocycles. The summed E-state index contributed by atoms with van der Waals surface area (Å²) in [4.78, 5) is 0. The maximum Gasteiger partial charge on any atom is 0.301 e. The minimum Gasteiger partial charge on any atom is -0.330 e. The predicted molar refractivity (Wildman–Crippen MR) is 79.4 cm³/mol. The fraction of sp³-hybridized carbons (Fsp3) is 0.538. The summed E-state index contributed by atoms with van der Waals surface area (Å²) in [5.74, 6) is 0. The van der Waals surface area contributed by atoms with Gasteiger partial charge in [0.1, 0.15) is 0 Å². The van der Waals surface area contributed by atoms with Gasteiger partial charge in [-0.05, 0) is 37.4 Å². The van der Waals surface area contributed by atoms with Crippen molar-refractivity contribution in [2.45, 2.75) is 26.7 Å². The summed E-state index contributed by atoms with van der Waals surface area (Å²) in [6.07, 6.45) is 1.43. The molecule has 19 heavy (non-hydrogen) atoms. The van der Waals surface area contributed by atoms with Gasteiger partial charge >= 0.3 is 10.2 Å². The summed E-state index contributed by atoms with van der Waals surface area (Å²) in [5.41, 5.74) is 8.01. The van der Waals surface area contributed by atoms with Crippen LogP contribution in [0.1, 0.15) is 24.5 Å². The Bertz CT molecular complexity index is 515. The van der Waals surface area contributed by atoms with Gasteiger partial charge in [0.2, 0.25) is 0 Å². The van der Waals surface area contributed by atoms with E-state index in [4.69, 9.17) is 5.73 Å². The average Bonchev–Trinajstić information content (AvgIpc) is 2.38. The first-order chi connectivity index (χ1) is 8.92. The van der Waals surface area contributed by atoms with E-state index < -0.39 is 10.2 Å². The highest BCUT2D eigenvalue weighted by molar-refractivity contribution is 7.90. The van der Waals surface area contributed by atoms with Crippen molar-refractivity contribution in [2.24, 2.45) is 5.73 Å². The van der Waals surface area contributed by atoms with Crippen LogP contribution in [0.2, 0.25) is 0 Å². The van der Waals surface area contributed by atoms with Crippen molar-refractivity contribution in [3.63, 3.8) is 0 Å². The zero-order chi connectivity index (χ0) is 14.5. The third-order valence-electron chi connectivity index (χ3n) is 3.06. The molecule has 0 aromatic heterocycles. The van der Waals surface area contributed by atoms with Crippen molar-refractivity contribution in [1.82, 2.24) is 4.31 Å². The highest BCUT2D eigenvalue weighted by Gasteiger charge is 2.19. The highest BCUT2D eigenvalue weighted by atomic mass is 32.2. The Balaban J connectivity index is 2.95. The molecule has 0 saturated heterocycles. The van der Waals surface area contributed by atoms with Gasteiger partial charge in [-0.1, -0.05) is 25.1 Å². The third-order valence-corrected chi connectivity index (χ3v) is 4.52. The molecule has 3 N–H and O–H groups in total. The molecule has 0 fully saturated rings. The van der Waals surface area contributed by atoms with E-state index in [1.165, 1.54) is 4.31 Å². The van der Waals surface area contributed by atoms with Crippen LogP contribution >= 0.6 is 0 Å². The predicted octanol–water partition coefficient (Wildman–Crippen LogP) is 1.49. The lowest BCUT2D eigenvalue weighted by atomic mass is 10.1. The molecule has 0 radical (unpaired) electrons. The zero-order valence-electron chi connectivity index (χ0n) is 11.8. The summed E-state index contributed by atoms with van der Waals surface area (Å²) in [6, 6.07) is 5.77. The summed E-state index contributed by atoms with van der Waals surface area (Å²) >= 11 is 0. The van der Waals surface area contributed by atoms with Crippen LogP contribution in [0, 0.1) is 6.92 Å². The minimum atomic E-state index is -3.51. The molecule has 5 nitrogen and oxygen atoms in total. The van der Waals surface area contributed by atoms with E-state index in [2.05, 4.69) is 4.72 Å². The normalized spacial score (nSPS) is 11.8. The zero-order valence-corrected chi connectivity index (χ0v) is 12.6. The largest absolute Gasteiger partial charge is 0.330 e. The second-order valence-corrected chi connectivity index (χ2v) is 6.31. The number of nitrogens with zero attached hydrogens (tertiary/aromatic N) is 1.